The predicted molar refractivity (Wildman–Crippen MR) is 55.3 cm³/mol. The summed E-state index contributed by atoms with van der Waals surface area (Å²) < 4.78 is 0. The van der Waals surface area contributed by atoms with Crippen molar-refractivity contribution in [1.29, 1.82) is 0 Å². The number of urea groups is 1. The van der Waals surface area contributed by atoms with E-state index in [1.807, 2.05) is 32.0 Å². The highest BCUT2D eigenvalue weighted by Crippen LogP contribution is 2.23. The Morgan fingerprint density at radius 3 is 2.20 bits per heavy atom. The fourth-order valence-corrected chi connectivity index (χ4v) is 1.90. The average molecular weight is 204 g/mol. The Balaban J connectivity index is 2.46. The van der Waals surface area contributed by atoms with Crippen LogP contribution in [0.1, 0.15) is 22.7 Å². The van der Waals surface area contributed by atoms with Crippen LogP contribution in [0.2, 0.25) is 0 Å². The van der Waals surface area contributed by atoms with E-state index in [1.54, 1.807) is 0 Å². The fourth-order valence-electron chi connectivity index (χ4n) is 1.90. The van der Waals surface area contributed by atoms with Crippen LogP contribution in [0.3, 0.4) is 0 Å². The molecule has 0 unspecified atom stereocenters. The standard InChI is InChI=1S/C11H12N2O2/c1-6-4-3-5-7(2)8(6)9-10(14)13-11(15)12-9/h3-5,9H,1-2H3,(H2,12,13,14,15)/t9-/m0/s1. The third-order valence-corrected chi connectivity index (χ3v) is 2.61. The first kappa shape index (κ1) is 9.71. The molecule has 0 bridgehead atoms. The van der Waals surface area contributed by atoms with E-state index >= 15 is 0 Å². The van der Waals surface area contributed by atoms with Crippen molar-refractivity contribution >= 4 is 11.9 Å². The topological polar surface area (TPSA) is 58.2 Å². The van der Waals surface area contributed by atoms with Crippen LogP contribution < -0.4 is 10.6 Å². The Morgan fingerprint density at radius 2 is 1.73 bits per heavy atom. The van der Waals surface area contributed by atoms with Gasteiger partial charge in [-0.3, -0.25) is 10.1 Å². The molecule has 1 saturated heterocycles. The Labute approximate surface area is 87.7 Å². The van der Waals surface area contributed by atoms with E-state index in [0.717, 1.165) is 16.7 Å². The summed E-state index contributed by atoms with van der Waals surface area (Å²) in [4.78, 5) is 22.5. The average Bonchev–Trinajstić information content (AvgIpc) is 2.45. The first-order chi connectivity index (χ1) is 7.09. The van der Waals surface area contributed by atoms with Crippen LogP contribution in [0.25, 0.3) is 0 Å². The van der Waals surface area contributed by atoms with Crippen LogP contribution >= 0.6 is 0 Å². The maximum absolute atomic E-state index is 11.5. The number of benzene rings is 1. The normalized spacial score (nSPS) is 20.0. The van der Waals surface area contributed by atoms with Crippen LogP contribution in [-0.2, 0) is 4.79 Å². The van der Waals surface area contributed by atoms with E-state index in [2.05, 4.69) is 10.6 Å². The molecule has 1 atom stereocenters. The van der Waals surface area contributed by atoms with Gasteiger partial charge in [0.05, 0.1) is 0 Å². The molecule has 0 aliphatic carbocycles. The third-order valence-electron chi connectivity index (χ3n) is 2.61. The predicted octanol–water partition coefficient (Wildman–Crippen LogP) is 1.18. The minimum atomic E-state index is -0.543. The van der Waals surface area contributed by atoms with Crippen molar-refractivity contribution in [2.24, 2.45) is 0 Å². The maximum Gasteiger partial charge on any atom is 0.322 e. The van der Waals surface area contributed by atoms with Gasteiger partial charge in [0, 0.05) is 0 Å². The smallest absolute Gasteiger partial charge is 0.322 e. The van der Waals surface area contributed by atoms with E-state index in [9.17, 15) is 9.59 Å². The Hall–Kier alpha value is -1.84. The number of imide groups is 1. The highest BCUT2D eigenvalue weighted by molar-refractivity contribution is 6.04. The Bertz CT molecular complexity index is 420. The van der Waals surface area contributed by atoms with Crippen molar-refractivity contribution in [1.82, 2.24) is 10.6 Å². The molecule has 0 spiro atoms. The molecule has 2 rings (SSSR count). The van der Waals surface area contributed by atoms with Crippen molar-refractivity contribution in [3.63, 3.8) is 0 Å². The summed E-state index contributed by atoms with van der Waals surface area (Å²) in [5.74, 6) is -0.280. The molecule has 3 amide bonds. The molecular weight excluding hydrogens is 192 g/mol. The lowest BCUT2D eigenvalue weighted by atomic mass is 9.96. The second-order valence-corrected chi connectivity index (χ2v) is 3.70. The molecule has 4 nitrogen and oxygen atoms in total. The van der Waals surface area contributed by atoms with Crippen molar-refractivity contribution in [2.75, 3.05) is 0 Å². The minimum absolute atomic E-state index is 0.280. The number of carbonyl (C=O) groups is 2. The second-order valence-electron chi connectivity index (χ2n) is 3.70. The summed E-state index contributed by atoms with van der Waals surface area (Å²) in [6.07, 6.45) is 0. The monoisotopic (exact) mass is 204 g/mol. The SMILES string of the molecule is Cc1cccc(C)c1[C@@H]1NC(=O)NC1=O. The lowest BCUT2D eigenvalue weighted by Crippen LogP contribution is -2.22. The van der Waals surface area contributed by atoms with Crippen LogP contribution in [0.15, 0.2) is 18.2 Å². The van der Waals surface area contributed by atoms with Gasteiger partial charge in [0.2, 0.25) is 0 Å². The third kappa shape index (κ3) is 1.58. The summed E-state index contributed by atoms with van der Waals surface area (Å²) >= 11 is 0. The quantitative estimate of drug-likeness (QED) is 0.675. The van der Waals surface area contributed by atoms with Crippen LogP contribution in [0, 0.1) is 13.8 Å². The first-order valence-corrected chi connectivity index (χ1v) is 4.77. The number of hydrogen-bond donors (Lipinski definition) is 2. The summed E-state index contributed by atoms with van der Waals surface area (Å²) in [5.41, 5.74) is 2.91. The van der Waals surface area contributed by atoms with Gasteiger partial charge in [-0.25, -0.2) is 4.79 Å². The van der Waals surface area contributed by atoms with Crippen LogP contribution in [0.5, 0.6) is 0 Å². The summed E-state index contributed by atoms with van der Waals surface area (Å²) in [6.45, 7) is 3.86. The van der Waals surface area contributed by atoms with Gasteiger partial charge in [-0.05, 0) is 30.5 Å². The number of nitrogens with one attached hydrogen (secondary N) is 2. The second kappa shape index (κ2) is 3.38. The highest BCUT2D eigenvalue weighted by Gasteiger charge is 2.32. The van der Waals surface area contributed by atoms with Crippen molar-refractivity contribution in [3.8, 4) is 0 Å². The molecule has 1 aromatic carbocycles. The Morgan fingerprint density at radius 1 is 1.13 bits per heavy atom. The molecule has 4 heteroatoms. The van der Waals surface area contributed by atoms with Gasteiger partial charge in [-0.15, -0.1) is 0 Å². The summed E-state index contributed by atoms with van der Waals surface area (Å²) in [7, 11) is 0. The highest BCUT2D eigenvalue weighted by atomic mass is 16.2. The van der Waals surface area contributed by atoms with E-state index in [4.69, 9.17) is 0 Å². The lowest BCUT2D eigenvalue weighted by molar-refractivity contribution is -0.120. The molecular formula is C11H12N2O2. The largest absolute Gasteiger partial charge is 0.322 e. The fraction of sp³-hybridized carbons (Fsp3) is 0.273. The molecule has 15 heavy (non-hydrogen) atoms. The molecule has 78 valence electrons. The maximum atomic E-state index is 11.5. The van der Waals surface area contributed by atoms with Gasteiger partial charge in [0.1, 0.15) is 6.04 Å². The minimum Gasteiger partial charge on any atom is -0.322 e. The van der Waals surface area contributed by atoms with Gasteiger partial charge in [-0.2, -0.15) is 0 Å². The number of amides is 3. The van der Waals surface area contributed by atoms with E-state index in [-0.39, 0.29) is 5.91 Å². The zero-order valence-corrected chi connectivity index (χ0v) is 8.63. The Kier molecular flexibility index (Phi) is 2.19. The molecule has 0 saturated carbocycles. The van der Waals surface area contributed by atoms with Crippen LogP contribution in [0.4, 0.5) is 4.79 Å². The molecule has 2 N–H and O–H groups in total. The van der Waals surface area contributed by atoms with Crippen molar-refractivity contribution in [2.45, 2.75) is 19.9 Å². The molecule has 0 radical (unpaired) electrons. The van der Waals surface area contributed by atoms with Gasteiger partial charge < -0.3 is 5.32 Å². The van der Waals surface area contributed by atoms with E-state index in [1.165, 1.54) is 0 Å². The number of hydrogen-bond acceptors (Lipinski definition) is 2. The van der Waals surface area contributed by atoms with Gasteiger partial charge in [-0.1, -0.05) is 18.2 Å². The molecule has 1 heterocycles. The molecule has 0 aromatic heterocycles. The van der Waals surface area contributed by atoms with Gasteiger partial charge >= 0.3 is 6.03 Å². The number of carbonyl (C=O) groups excluding carboxylic acids is 2. The molecule has 1 aliphatic heterocycles. The first-order valence-electron chi connectivity index (χ1n) is 4.77. The lowest BCUT2D eigenvalue weighted by Gasteiger charge is -2.13. The van der Waals surface area contributed by atoms with Crippen LogP contribution in [-0.4, -0.2) is 11.9 Å². The van der Waals surface area contributed by atoms with Crippen molar-refractivity contribution < 1.29 is 9.59 Å². The van der Waals surface area contributed by atoms with Crippen molar-refractivity contribution in [3.05, 3.63) is 34.9 Å². The molecule has 1 aliphatic rings. The van der Waals surface area contributed by atoms with Gasteiger partial charge in [0.15, 0.2) is 0 Å². The molecule has 1 fully saturated rings. The zero-order valence-electron chi connectivity index (χ0n) is 8.63. The molecule has 1 aromatic rings. The number of rotatable bonds is 1. The zero-order chi connectivity index (χ0) is 11.0. The van der Waals surface area contributed by atoms with E-state index < -0.39 is 12.1 Å². The summed E-state index contributed by atoms with van der Waals surface area (Å²) in [5, 5.41) is 4.83. The summed E-state index contributed by atoms with van der Waals surface area (Å²) in [6, 6.07) is 4.83. The van der Waals surface area contributed by atoms with Gasteiger partial charge in [0.25, 0.3) is 5.91 Å². The number of aryl methyl sites for hydroxylation is 2. The van der Waals surface area contributed by atoms with E-state index in [0.29, 0.717) is 0 Å².